The first-order valence-electron chi connectivity index (χ1n) is 8.53. The van der Waals surface area contributed by atoms with E-state index in [2.05, 4.69) is 0 Å². The van der Waals surface area contributed by atoms with E-state index in [9.17, 15) is 35.7 Å². The summed E-state index contributed by atoms with van der Waals surface area (Å²) in [6, 6.07) is 0. The fraction of sp³-hybridized carbons (Fsp3) is 1.00. The average molecular weight is 384 g/mol. The van der Waals surface area contributed by atoms with Crippen molar-refractivity contribution in [1.82, 2.24) is 0 Å². The minimum Gasteiger partial charge on any atom is -0.394 e. The van der Waals surface area contributed by atoms with Gasteiger partial charge in [-0.25, -0.2) is 0 Å². The molecule has 8 N–H and O–H groups in total. The van der Waals surface area contributed by atoms with E-state index in [1.165, 1.54) is 0 Å². The van der Waals surface area contributed by atoms with Gasteiger partial charge in [-0.1, -0.05) is 20.8 Å². The van der Waals surface area contributed by atoms with Gasteiger partial charge in [-0.2, -0.15) is 0 Å². The van der Waals surface area contributed by atoms with E-state index < -0.39 is 68.3 Å². The van der Waals surface area contributed by atoms with Gasteiger partial charge in [0.05, 0.1) is 19.3 Å². The average Bonchev–Trinajstić information content (AvgIpc) is 2.56. The van der Waals surface area contributed by atoms with Gasteiger partial charge >= 0.3 is 0 Å². The van der Waals surface area contributed by atoms with E-state index >= 15 is 0 Å². The Hall–Kier alpha value is -0.400. The number of aliphatic hydroxyl groups is 8. The Morgan fingerprint density at radius 3 is 1.92 bits per heavy atom. The van der Waals surface area contributed by atoms with Gasteiger partial charge < -0.3 is 50.3 Å². The molecule has 10 nitrogen and oxygen atoms in total. The van der Waals surface area contributed by atoms with Crippen LogP contribution in [-0.4, -0.2) is 109 Å². The summed E-state index contributed by atoms with van der Waals surface area (Å²) >= 11 is 0. The summed E-state index contributed by atoms with van der Waals surface area (Å²) in [5.74, 6) is 0. The van der Waals surface area contributed by atoms with Crippen molar-refractivity contribution < 1.29 is 50.3 Å². The maximum absolute atomic E-state index is 9.97. The Bertz CT molecular complexity index is 412. The van der Waals surface area contributed by atoms with Crippen molar-refractivity contribution in [2.75, 3.05) is 13.2 Å². The van der Waals surface area contributed by atoms with Gasteiger partial charge in [-0.15, -0.1) is 0 Å². The zero-order valence-electron chi connectivity index (χ0n) is 15.2. The lowest BCUT2D eigenvalue weighted by Gasteiger charge is -2.40. The summed E-state index contributed by atoms with van der Waals surface area (Å²) in [7, 11) is 0. The first-order valence-corrected chi connectivity index (χ1v) is 8.53. The molecule has 0 aromatic rings. The molecule has 9 atom stereocenters. The van der Waals surface area contributed by atoms with Crippen LogP contribution in [0.1, 0.15) is 27.2 Å². The second-order valence-corrected chi connectivity index (χ2v) is 7.91. The lowest BCUT2D eigenvalue weighted by Crippen LogP contribution is -2.59. The van der Waals surface area contributed by atoms with Crippen molar-refractivity contribution in [2.45, 2.75) is 82.3 Å². The summed E-state index contributed by atoms with van der Waals surface area (Å²) < 4.78 is 10.2. The Kier molecular flexibility index (Phi) is 8.81. The molecule has 10 heteroatoms. The number of hydrogen-bond acceptors (Lipinski definition) is 10. The second kappa shape index (κ2) is 9.69. The normalized spacial score (nSPS) is 35.0. The minimum atomic E-state index is -1.72. The van der Waals surface area contributed by atoms with Gasteiger partial charge in [-0.05, 0) is 11.8 Å². The minimum absolute atomic E-state index is 0.186. The largest absolute Gasteiger partial charge is 0.394 e. The van der Waals surface area contributed by atoms with Crippen molar-refractivity contribution in [3.63, 3.8) is 0 Å². The van der Waals surface area contributed by atoms with E-state index in [1.54, 1.807) is 0 Å². The van der Waals surface area contributed by atoms with Gasteiger partial charge in [0, 0.05) is 0 Å². The molecule has 0 spiro atoms. The SMILES string of the molecule is CC(C)(C)C[C@H](O)[C@@H](O)[C@H](O)C(O)CO[C@@H]1O[C@H](CO)[C@@H](O)[C@H](O)[C@H]1O. The van der Waals surface area contributed by atoms with Gasteiger partial charge in [0.1, 0.15) is 42.7 Å². The predicted octanol–water partition coefficient (Wildman–Crippen LogP) is -3.32. The molecule has 0 saturated carbocycles. The van der Waals surface area contributed by atoms with Crippen molar-refractivity contribution >= 4 is 0 Å². The Morgan fingerprint density at radius 1 is 0.885 bits per heavy atom. The highest BCUT2D eigenvalue weighted by atomic mass is 16.7. The van der Waals surface area contributed by atoms with Crippen molar-refractivity contribution in [1.29, 1.82) is 0 Å². The van der Waals surface area contributed by atoms with E-state index in [-0.39, 0.29) is 11.8 Å². The molecule has 0 amide bonds. The smallest absolute Gasteiger partial charge is 0.186 e. The van der Waals surface area contributed by atoms with Crippen LogP contribution in [-0.2, 0) is 9.47 Å². The number of hydrogen-bond donors (Lipinski definition) is 8. The van der Waals surface area contributed by atoms with Gasteiger partial charge in [0.15, 0.2) is 6.29 Å². The Morgan fingerprint density at radius 2 is 1.42 bits per heavy atom. The first-order chi connectivity index (χ1) is 11.9. The van der Waals surface area contributed by atoms with Crippen LogP contribution in [0.3, 0.4) is 0 Å². The molecule has 0 aliphatic carbocycles. The van der Waals surface area contributed by atoms with E-state index in [1.807, 2.05) is 20.8 Å². The van der Waals surface area contributed by atoms with Crippen LogP contribution >= 0.6 is 0 Å². The molecule has 1 aliphatic heterocycles. The van der Waals surface area contributed by atoms with E-state index in [4.69, 9.17) is 14.6 Å². The van der Waals surface area contributed by atoms with Crippen LogP contribution in [0.25, 0.3) is 0 Å². The van der Waals surface area contributed by atoms with Crippen molar-refractivity contribution in [3.05, 3.63) is 0 Å². The molecule has 1 fully saturated rings. The van der Waals surface area contributed by atoms with Crippen LogP contribution in [0.15, 0.2) is 0 Å². The van der Waals surface area contributed by atoms with Crippen LogP contribution in [0.5, 0.6) is 0 Å². The fourth-order valence-electron chi connectivity index (χ4n) is 2.70. The molecule has 26 heavy (non-hydrogen) atoms. The number of rotatable bonds is 8. The molecule has 0 aromatic carbocycles. The summed E-state index contributed by atoms with van der Waals surface area (Å²) in [6.07, 6.45) is -13.5. The quantitative estimate of drug-likeness (QED) is 0.211. The highest BCUT2D eigenvalue weighted by Gasteiger charge is 2.44. The molecular formula is C16H32O10. The van der Waals surface area contributed by atoms with E-state index in [0.717, 1.165) is 0 Å². The summed E-state index contributed by atoms with van der Waals surface area (Å²) in [5, 5.41) is 78.1. The van der Waals surface area contributed by atoms with Crippen molar-refractivity contribution in [2.24, 2.45) is 5.41 Å². The fourth-order valence-corrected chi connectivity index (χ4v) is 2.70. The van der Waals surface area contributed by atoms with Gasteiger partial charge in [-0.3, -0.25) is 0 Å². The topological polar surface area (TPSA) is 180 Å². The summed E-state index contributed by atoms with van der Waals surface area (Å²) in [5.41, 5.74) is -0.308. The van der Waals surface area contributed by atoms with Gasteiger partial charge in [0.25, 0.3) is 0 Å². The molecule has 0 radical (unpaired) electrons. The Labute approximate surface area is 152 Å². The standard InChI is InChI=1S/C16H32O10/c1-16(2,3)4-7(18)10(20)11(21)8(19)6-25-15-14(24)13(23)12(22)9(5-17)26-15/h7-15,17-24H,4-6H2,1-3H3/t7-,8?,9+,10+,11+,12+,13-,14+,15+/m0/s1. The molecule has 1 unspecified atom stereocenters. The van der Waals surface area contributed by atoms with E-state index in [0.29, 0.717) is 0 Å². The van der Waals surface area contributed by atoms with Crippen LogP contribution in [0, 0.1) is 5.41 Å². The third kappa shape index (κ3) is 6.34. The molecule has 1 aliphatic rings. The maximum Gasteiger partial charge on any atom is 0.186 e. The van der Waals surface area contributed by atoms with Gasteiger partial charge in [0.2, 0.25) is 0 Å². The van der Waals surface area contributed by atoms with Crippen LogP contribution < -0.4 is 0 Å². The third-order valence-corrected chi connectivity index (χ3v) is 4.24. The number of ether oxygens (including phenoxy) is 2. The summed E-state index contributed by atoms with van der Waals surface area (Å²) in [4.78, 5) is 0. The molecule has 0 aromatic heterocycles. The lowest BCUT2D eigenvalue weighted by atomic mass is 9.86. The Balaban J connectivity index is 2.57. The maximum atomic E-state index is 9.97. The number of aliphatic hydroxyl groups excluding tert-OH is 8. The second-order valence-electron chi connectivity index (χ2n) is 7.91. The highest BCUT2D eigenvalue weighted by molar-refractivity contribution is 4.89. The molecule has 1 rings (SSSR count). The lowest BCUT2D eigenvalue weighted by molar-refractivity contribution is -0.306. The predicted molar refractivity (Wildman–Crippen MR) is 87.8 cm³/mol. The highest BCUT2D eigenvalue weighted by Crippen LogP contribution is 2.24. The first kappa shape index (κ1) is 23.6. The van der Waals surface area contributed by atoms with Crippen molar-refractivity contribution in [3.8, 4) is 0 Å². The molecule has 156 valence electrons. The molecule has 1 heterocycles. The molecular weight excluding hydrogens is 352 g/mol. The summed E-state index contributed by atoms with van der Waals surface area (Å²) in [6.45, 7) is 4.30. The third-order valence-electron chi connectivity index (χ3n) is 4.24. The molecule has 1 saturated heterocycles. The molecule has 0 bridgehead atoms. The zero-order valence-corrected chi connectivity index (χ0v) is 15.2. The zero-order chi connectivity index (χ0) is 20.2. The monoisotopic (exact) mass is 384 g/mol. The van der Waals surface area contributed by atoms with Crippen LogP contribution in [0.4, 0.5) is 0 Å². The van der Waals surface area contributed by atoms with Crippen LogP contribution in [0.2, 0.25) is 0 Å².